The molecule has 3 N–H and O–H groups in total. The van der Waals surface area contributed by atoms with Gasteiger partial charge in [0.25, 0.3) is 0 Å². The van der Waals surface area contributed by atoms with Gasteiger partial charge < -0.3 is 15.1 Å². The van der Waals surface area contributed by atoms with Crippen molar-refractivity contribution in [3.05, 3.63) is 82.4 Å². The maximum absolute atomic E-state index is 10.7. The maximum Gasteiger partial charge on any atom is 0.139 e. The number of nitrogens with zero attached hydrogens (tertiary/aromatic N) is 2. The summed E-state index contributed by atoms with van der Waals surface area (Å²) in [6.45, 7) is 2.24. The minimum absolute atomic E-state index is 0.127. The standard InChI is InChI=1S/C24H19N3O2S/c1-14-8-10-15(11-9-14)18-13-30-24(26-18)22-21(29)12-27(23(22)25)19-6-2-5-17-16(19)4-3-7-20(17)28/h2-11,13,25,28-29H,12H2,1H3. The number of nitrogens with one attached hydrogen (secondary N) is 1. The van der Waals surface area contributed by atoms with E-state index in [0.29, 0.717) is 16.0 Å². The molecule has 6 heteroatoms. The molecule has 148 valence electrons. The van der Waals surface area contributed by atoms with Crippen LogP contribution in [0.4, 0.5) is 5.69 Å². The fourth-order valence-electron chi connectivity index (χ4n) is 3.77. The topological polar surface area (TPSA) is 80.4 Å². The molecule has 4 aromatic rings. The van der Waals surface area contributed by atoms with E-state index in [1.54, 1.807) is 17.0 Å². The lowest BCUT2D eigenvalue weighted by Gasteiger charge is -2.21. The van der Waals surface area contributed by atoms with E-state index in [-0.39, 0.29) is 23.9 Å². The minimum atomic E-state index is 0.127. The van der Waals surface area contributed by atoms with E-state index in [4.69, 9.17) is 10.4 Å². The summed E-state index contributed by atoms with van der Waals surface area (Å²) in [6, 6.07) is 19.1. The number of aromatic nitrogens is 1. The van der Waals surface area contributed by atoms with E-state index in [0.717, 1.165) is 22.3 Å². The second-order valence-electron chi connectivity index (χ2n) is 7.31. The molecule has 0 unspecified atom stereocenters. The molecular weight excluding hydrogens is 394 g/mol. The highest BCUT2D eigenvalue weighted by Crippen LogP contribution is 2.38. The lowest BCUT2D eigenvalue weighted by molar-refractivity contribution is 0.411. The van der Waals surface area contributed by atoms with Crippen LogP contribution in [0.15, 0.2) is 71.8 Å². The predicted octanol–water partition coefficient (Wildman–Crippen LogP) is 5.74. The number of phenols is 1. The number of benzene rings is 3. The van der Waals surface area contributed by atoms with Crippen LogP contribution in [0, 0.1) is 12.3 Å². The van der Waals surface area contributed by atoms with E-state index >= 15 is 0 Å². The third kappa shape index (κ3) is 2.93. The molecule has 0 amide bonds. The number of amidine groups is 1. The van der Waals surface area contributed by atoms with Crippen LogP contribution in [0.1, 0.15) is 10.6 Å². The zero-order valence-electron chi connectivity index (χ0n) is 16.3. The van der Waals surface area contributed by atoms with Crippen LogP contribution in [0.25, 0.3) is 27.6 Å². The summed E-state index contributed by atoms with van der Waals surface area (Å²) >= 11 is 1.42. The Bertz CT molecular complexity index is 1320. The molecule has 0 atom stereocenters. The van der Waals surface area contributed by atoms with Crippen LogP contribution in [-0.2, 0) is 0 Å². The molecule has 1 aliphatic rings. The number of aryl methyl sites for hydroxylation is 1. The molecule has 0 saturated heterocycles. The fraction of sp³-hybridized carbons (Fsp3) is 0.0833. The molecule has 0 saturated carbocycles. The number of hydrogen-bond donors (Lipinski definition) is 3. The second-order valence-corrected chi connectivity index (χ2v) is 8.17. The SMILES string of the molecule is Cc1ccc(-c2csc(C3=C(O)CN(c4cccc5c(O)cccc45)C3=N)n2)cc1. The van der Waals surface area contributed by atoms with Crippen LogP contribution < -0.4 is 4.90 Å². The Labute approximate surface area is 177 Å². The first-order valence-electron chi connectivity index (χ1n) is 9.55. The Morgan fingerprint density at radius 1 is 0.967 bits per heavy atom. The summed E-state index contributed by atoms with van der Waals surface area (Å²) in [5.74, 6) is 0.523. The first-order valence-corrected chi connectivity index (χ1v) is 10.4. The molecule has 2 heterocycles. The van der Waals surface area contributed by atoms with Crippen molar-refractivity contribution in [1.29, 1.82) is 5.41 Å². The van der Waals surface area contributed by atoms with Crippen molar-refractivity contribution in [1.82, 2.24) is 4.98 Å². The van der Waals surface area contributed by atoms with Gasteiger partial charge in [0.1, 0.15) is 22.4 Å². The number of aliphatic hydroxyl groups is 1. The summed E-state index contributed by atoms with van der Waals surface area (Å²) in [5, 5.41) is 33.7. The van der Waals surface area contributed by atoms with Gasteiger partial charge in [-0.2, -0.15) is 0 Å². The van der Waals surface area contributed by atoms with Crippen molar-refractivity contribution in [2.24, 2.45) is 0 Å². The predicted molar refractivity (Wildman–Crippen MR) is 123 cm³/mol. The third-order valence-corrected chi connectivity index (χ3v) is 6.20. The summed E-state index contributed by atoms with van der Waals surface area (Å²) in [6.07, 6.45) is 0. The number of fused-ring (bicyclic) bond motifs is 1. The molecular formula is C24H19N3O2S. The number of rotatable bonds is 3. The number of aliphatic hydroxyl groups excluding tert-OH is 1. The molecule has 3 aromatic carbocycles. The number of hydrogen-bond acceptors (Lipinski definition) is 5. The molecule has 0 radical (unpaired) electrons. The molecule has 5 rings (SSSR count). The van der Waals surface area contributed by atoms with Crippen LogP contribution in [-0.4, -0.2) is 27.6 Å². The summed E-state index contributed by atoms with van der Waals surface area (Å²) in [5.41, 5.74) is 4.25. The lowest BCUT2D eigenvalue weighted by atomic mass is 10.1. The number of aromatic hydroxyl groups is 1. The van der Waals surface area contributed by atoms with Gasteiger partial charge in [-0.3, -0.25) is 5.41 Å². The zero-order valence-corrected chi connectivity index (χ0v) is 17.1. The van der Waals surface area contributed by atoms with Gasteiger partial charge in [0.05, 0.1) is 23.5 Å². The van der Waals surface area contributed by atoms with Crippen LogP contribution in [0.2, 0.25) is 0 Å². The third-order valence-electron chi connectivity index (χ3n) is 5.34. The normalized spacial score (nSPS) is 14.2. The highest BCUT2D eigenvalue weighted by Gasteiger charge is 2.32. The first kappa shape index (κ1) is 18.4. The van der Waals surface area contributed by atoms with E-state index < -0.39 is 0 Å². The van der Waals surface area contributed by atoms with Crippen LogP contribution in [0.3, 0.4) is 0 Å². The number of phenolic OH excluding ortho intramolecular Hbond substituents is 1. The summed E-state index contributed by atoms with van der Waals surface area (Å²) in [7, 11) is 0. The zero-order chi connectivity index (χ0) is 20.8. The molecule has 0 spiro atoms. The first-order chi connectivity index (χ1) is 14.5. The minimum Gasteiger partial charge on any atom is -0.510 e. The Kier molecular flexibility index (Phi) is 4.29. The summed E-state index contributed by atoms with van der Waals surface area (Å²) in [4.78, 5) is 6.44. The average molecular weight is 414 g/mol. The molecule has 1 aliphatic heterocycles. The van der Waals surface area contributed by atoms with Gasteiger partial charge in [0, 0.05) is 21.7 Å². The van der Waals surface area contributed by atoms with Crippen LogP contribution in [0.5, 0.6) is 5.75 Å². The molecule has 0 fully saturated rings. The van der Waals surface area contributed by atoms with Gasteiger partial charge in [-0.1, -0.05) is 54.1 Å². The van der Waals surface area contributed by atoms with Crippen molar-refractivity contribution in [3.63, 3.8) is 0 Å². The lowest BCUT2D eigenvalue weighted by Crippen LogP contribution is -2.26. The highest BCUT2D eigenvalue weighted by molar-refractivity contribution is 7.11. The number of anilines is 1. The Morgan fingerprint density at radius 2 is 1.70 bits per heavy atom. The van der Waals surface area contributed by atoms with Crippen molar-refractivity contribution >= 4 is 39.2 Å². The van der Waals surface area contributed by atoms with Crippen LogP contribution >= 0.6 is 11.3 Å². The van der Waals surface area contributed by atoms with Crippen molar-refractivity contribution in [2.75, 3.05) is 11.4 Å². The Morgan fingerprint density at radius 3 is 2.50 bits per heavy atom. The van der Waals surface area contributed by atoms with Gasteiger partial charge in [0.15, 0.2) is 0 Å². The largest absolute Gasteiger partial charge is 0.510 e. The molecule has 0 aliphatic carbocycles. The quantitative estimate of drug-likeness (QED) is 0.400. The van der Waals surface area contributed by atoms with Crippen molar-refractivity contribution < 1.29 is 10.2 Å². The summed E-state index contributed by atoms with van der Waals surface area (Å²) < 4.78 is 0. The van der Waals surface area contributed by atoms with E-state index in [1.165, 1.54) is 16.9 Å². The van der Waals surface area contributed by atoms with E-state index in [2.05, 4.69) is 0 Å². The maximum atomic E-state index is 10.7. The number of thiazole rings is 1. The van der Waals surface area contributed by atoms with Gasteiger partial charge in [0.2, 0.25) is 0 Å². The average Bonchev–Trinajstić information content (AvgIpc) is 3.33. The van der Waals surface area contributed by atoms with Gasteiger partial charge in [-0.05, 0) is 19.1 Å². The van der Waals surface area contributed by atoms with Gasteiger partial charge >= 0.3 is 0 Å². The molecule has 0 bridgehead atoms. The van der Waals surface area contributed by atoms with Crippen molar-refractivity contribution in [2.45, 2.75) is 6.92 Å². The van der Waals surface area contributed by atoms with Crippen molar-refractivity contribution in [3.8, 4) is 17.0 Å². The Balaban J connectivity index is 1.51. The molecule has 30 heavy (non-hydrogen) atoms. The van der Waals surface area contributed by atoms with Gasteiger partial charge in [-0.25, -0.2) is 4.98 Å². The molecule has 5 nitrogen and oxygen atoms in total. The smallest absolute Gasteiger partial charge is 0.139 e. The molecule has 1 aromatic heterocycles. The monoisotopic (exact) mass is 413 g/mol. The highest BCUT2D eigenvalue weighted by atomic mass is 32.1. The van der Waals surface area contributed by atoms with E-state index in [1.807, 2.05) is 60.8 Å². The van der Waals surface area contributed by atoms with Gasteiger partial charge in [-0.15, -0.1) is 11.3 Å². The Hall–Kier alpha value is -3.64. The fourth-order valence-corrected chi connectivity index (χ4v) is 4.66. The second kappa shape index (κ2) is 7.00. The van der Waals surface area contributed by atoms with E-state index in [9.17, 15) is 10.2 Å².